The molecule has 1 fully saturated rings. The minimum atomic E-state index is 0.504. The van der Waals surface area contributed by atoms with Gasteiger partial charge in [0.2, 0.25) is 0 Å². The molecule has 0 atom stereocenters. The van der Waals surface area contributed by atoms with Crippen LogP contribution in [0.5, 0.6) is 0 Å². The van der Waals surface area contributed by atoms with Crippen molar-refractivity contribution in [1.29, 1.82) is 0 Å². The van der Waals surface area contributed by atoms with E-state index in [-0.39, 0.29) is 0 Å². The Morgan fingerprint density at radius 2 is 2.53 bits per heavy atom. The number of nitrogens with zero attached hydrogens (tertiary/aromatic N) is 1. The number of thioether (sulfide) groups is 1. The quantitative estimate of drug-likeness (QED) is 0.794. The molecule has 0 spiro atoms. The van der Waals surface area contributed by atoms with Gasteiger partial charge in [0, 0.05) is 18.9 Å². The summed E-state index contributed by atoms with van der Waals surface area (Å²) in [6.07, 6.45) is 0. The molecule has 1 aromatic rings. The molecule has 15 heavy (non-hydrogen) atoms. The monoisotopic (exact) mass is 228 g/mol. The normalized spacial score (nSPS) is 16.6. The first kappa shape index (κ1) is 11.0. The molecule has 0 amide bonds. The molecule has 0 bridgehead atoms. The molecular formula is C10H16N2O2S. The third kappa shape index (κ3) is 3.22. The summed E-state index contributed by atoms with van der Waals surface area (Å²) in [6.45, 7) is 2.84. The molecule has 2 heterocycles. The molecular weight excluding hydrogens is 212 g/mol. The highest BCUT2D eigenvalue weighted by atomic mass is 32.2. The Kier molecular flexibility index (Phi) is 4.05. The van der Waals surface area contributed by atoms with Crippen LogP contribution >= 0.6 is 11.8 Å². The van der Waals surface area contributed by atoms with Crippen molar-refractivity contribution in [2.75, 3.05) is 26.0 Å². The van der Waals surface area contributed by atoms with Gasteiger partial charge in [-0.05, 0) is 24.8 Å². The number of ether oxygens (including phenoxy) is 1. The molecule has 1 aromatic heterocycles. The second kappa shape index (κ2) is 5.53. The summed E-state index contributed by atoms with van der Waals surface area (Å²) in [5.74, 6) is 3.79. The van der Waals surface area contributed by atoms with Gasteiger partial charge in [0.05, 0.1) is 5.69 Å². The van der Waals surface area contributed by atoms with Crippen LogP contribution in [0, 0.1) is 5.92 Å². The van der Waals surface area contributed by atoms with Crippen LogP contribution < -0.4 is 5.32 Å². The van der Waals surface area contributed by atoms with Crippen molar-refractivity contribution in [3.63, 3.8) is 0 Å². The Bertz CT molecular complexity index is 299. The van der Waals surface area contributed by atoms with Crippen LogP contribution in [0.3, 0.4) is 0 Å². The molecule has 0 radical (unpaired) electrons. The molecule has 1 saturated heterocycles. The van der Waals surface area contributed by atoms with Gasteiger partial charge >= 0.3 is 0 Å². The summed E-state index contributed by atoms with van der Waals surface area (Å²) in [7, 11) is 1.65. The lowest BCUT2D eigenvalue weighted by molar-refractivity contribution is 0.156. The highest BCUT2D eigenvalue weighted by Crippen LogP contribution is 2.17. The summed E-state index contributed by atoms with van der Waals surface area (Å²) in [6, 6.07) is 1.97. The maximum atomic E-state index is 5.10. The standard InChI is InChI=1S/C10H16N2O2S/c1-13-5-10-2-9(12-14-10)7-15-6-8-3-11-4-8/h2,8,11H,3-7H2,1H3. The number of nitrogens with one attached hydrogen (secondary N) is 1. The summed E-state index contributed by atoms with van der Waals surface area (Å²) in [5, 5.41) is 7.25. The third-order valence-corrected chi connectivity index (χ3v) is 3.57. The van der Waals surface area contributed by atoms with E-state index in [9.17, 15) is 0 Å². The maximum Gasteiger partial charge on any atom is 0.162 e. The first-order chi connectivity index (χ1) is 7.38. The second-order valence-electron chi connectivity index (χ2n) is 3.76. The van der Waals surface area contributed by atoms with E-state index in [1.807, 2.05) is 17.8 Å². The van der Waals surface area contributed by atoms with Crippen molar-refractivity contribution >= 4 is 11.8 Å². The molecule has 84 valence electrons. The van der Waals surface area contributed by atoms with Crippen molar-refractivity contribution in [2.24, 2.45) is 5.92 Å². The number of rotatable bonds is 6. The Balaban J connectivity index is 1.67. The minimum absolute atomic E-state index is 0.504. The highest BCUT2D eigenvalue weighted by Gasteiger charge is 2.16. The van der Waals surface area contributed by atoms with Gasteiger partial charge in [-0.3, -0.25) is 0 Å². The summed E-state index contributed by atoms with van der Waals surface area (Å²) in [4.78, 5) is 0. The van der Waals surface area contributed by atoms with E-state index >= 15 is 0 Å². The van der Waals surface area contributed by atoms with Crippen molar-refractivity contribution in [2.45, 2.75) is 12.4 Å². The van der Waals surface area contributed by atoms with Gasteiger partial charge in [0.1, 0.15) is 6.61 Å². The van der Waals surface area contributed by atoms with Crippen LogP contribution in [0.15, 0.2) is 10.6 Å². The van der Waals surface area contributed by atoms with E-state index in [1.165, 1.54) is 18.8 Å². The van der Waals surface area contributed by atoms with Gasteiger partial charge in [-0.25, -0.2) is 0 Å². The molecule has 2 rings (SSSR count). The van der Waals surface area contributed by atoms with Crippen molar-refractivity contribution in [3.05, 3.63) is 17.5 Å². The Morgan fingerprint density at radius 1 is 1.67 bits per heavy atom. The summed E-state index contributed by atoms with van der Waals surface area (Å²) in [5.41, 5.74) is 1.01. The Morgan fingerprint density at radius 3 is 3.20 bits per heavy atom. The van der Waals surface area contributed by atoms with Gasteiger partial charge in [-0.1, -0.05) is 5.16 Å². The van der Waals surface area contributed by atoms with Crippen LogP contribution in [0.25, 0.3) is 0 Å². The zero-order valence-electron chi connectivity index (χ0n) is 8.86. The number of hydrogen-bond donors (Lipinski definition) is 1. The van der Waals surface area contributed by atoms with Gasteiger partial charge in [0.25, 0.3) is 0 Å². The van der Waals surface area contributed by atoms with Crippen LogP contribution in [0.1, 0.15) is 11.5 Å². The predicted octanol–water partition coefficient (Wildman–Crippen LogP) is 1.27. The lowest BCUT2D eigenvalue weighted by atomic mass is 10.1. The van der Waals surface area contributed by atoms with Gasteiger partial charge < -0.3 is 14.6 Å². The Hall–Kier alpha value is -0.520. The van der Waals surface area contributed by atoms with Crippen LogP contribution in [-0.4, -0.2) is 31.1 Å². The molecule has 0 aliphatic carbocycles. The minimum Gasteiger partial charge on any atom is -0.377 e. The van der Waals surface area contributed by atoms with Gasteiger partial charge in [0.15, 0.2) is 5.76 Å². The molecule has 4 nitrogen and oxygen atoms in total. The topological polar surface area (TPSA) is 47.3 Å². The molecule has 5 heteroatoms. The van der Waals surface area contributed by atoms with E-state index in [1.54, 1.807) is 7.11 Å². The number of hydrogen-bond acceptors (Lipinski definition) is 5. The fourth-order valence-corrected chi connectivity index (χ4v) is 2.46. The summed E-state index contributed by atoms with van der Waals surface area (Å²) >= 11 is 1.92. The molecule has 0 saturated carbocycles. The van der Waals surface area contributed by atoms with Gasteiger partial charge in [-0.2, -0.15) is 11.8 Å². The SMILES string of the molecule is COCc1cc(CSCC2CNC2)no1. The number of methoxy groups -OCH3 is 1. The average Bonchev–Trinajstić information content (AvgIpc) is 2.58. The van der Waals surface area contributed by atoms with Crippen LogP contribution in [-0.2, 0) is 17.1 Å². The van der Waals surface area contributed by atoms with Crippen molar-refractivity contribution in [3.8, 4) is 0 Å². The third-order valence-electron chi connectivity index (χ3n) is 2.36. The second-order valence-corrected chi connectivity index (χ2v) is 4.79. The van der Waals surface area contributed by atoms with Gasteiger partial charge in [-0.15, -0.1) is 0 Å². The molecule has 0 aromatic carbocycles. The smallest absolute Gasteiger partial charge is 0.162 e. The van der Waals surface area contributed by atoms with E-state index in [0.29, 0.717) is 6.61 Å². The number of aromatic nitrogens is 1. The lowest BCUT2D eigenvalue weighted by Crippen LogP contribution is -2.43. The highest BCUT2D eigenvalue weighted by molar-refractivity contribution is 7.98. The fraction of sp³-hybridized carbons (Fsp3) is 0.700. The maximum absolute atomic E-state index is 5.10. The Labute approximate surface area is 93.7 Å². The van der Waals surface area contributed by atoms with E-state index in [2.05, 4.69) is 10.5 Å². The van der Waals surface area contributed by atoms with E-state index in [0.717, 1.165) is 23.1 Å². The van der Waals surface area contributed by atoms with Crippen molar-refractivity contribution in [1.82, 2.24) is 10.5 Å². The summed E-state index contributed by atoms with van der Waals surface area (Å²) < 4.78 is 10.1. The average molecular weight is 228 g/mol. The molecule has 1 aliphatic rings. The largest absolute Gasteiger partial charge is 0.377 e. The zero-order chi connectivity index (χ0) is 10.5. The first-order valence-electron chi connectivity index (χ1n) is 5.10. The fourth-order valence-electron chi connectivity index (χ4n) is 1.43. The molecule has 1 aliphatic heterocycles. The molecule has 1 N–H and O–H groups in total. The zero-order valence-corrected chi connectivity index (χ0v) is 9.68. The van der Waals surface area contributed by atoms with Crippen LogP contribution in [0.4, 0.5) is 0 Å². The first-order valence-corrected chi connectivity index (χ1v) is 6.26. The van der Waals surface area contributed by atoms with E-state index < -0.39 is 0 Å². The predicted molar refractivity (Wildman–Crippen MR) is 59.7 cm³/mol. The van der Waals surface area contributed by atoms with Crippen molar-refractivity contribution < 1.29 is 9.26 Å². The van der Waals surface area contributed by atoms with E-state index in [4.69, 9.17) is 9.26 Å². The van der Waals surface area contributed by atoms with Crippen LogP contribution in [0.2, 0.25) is 0 Å². The molecule has 0 unspecified atom stereocenters. The lowest BCUT2D eigenvalue weighted by Gasteiger charge is -2.26.